The molecule has 1 aromatic carbocycles. The molecule has 1 heterocycles. The van der Waals surface area contributed by atoms with Gasteiger partial charge in [0.2, 0.25) is 0 Å². The summed E-state index contributed by atoms with van der Waals surface area (Å²) >= 11 is 3.23. The Morgan fingerprint density at radius 2 is 2.24 bits per heavy atom. The molecule has 17 heavy (non-hydrogen) atoms. The molecule has 0 spiro atoms. The van der Waals surface area contributed by atoms with Crippen molar-refractivity contribution in [1.82, 2.24) is 9.78 Å². The molecule has 1 aromatic heterocycles. The smallest absolute Gasteiger partial charge is 0.129 e. The number of nitrogens with two attached hydrogens (primary N) is 1. The van der Waals surface area contributed by atoms with Gasteiger partial charge < -0.3 is 5.73 Å². The molecule has 2 rings (SSSR count). The van der Waals surface area contributed by atoms with Crippen LogP contribution in [0, 0.1) is 5.82 Å². The zero-order chi connectivity index (χ0) is 12.3. The Bertz CT molecular complexity index is 510. The normalized spacial score (nSPS) is 10.8. The van der Waals surface area contributed by atoms with E-state index in [0.717, 1.165) is 16.5 Å². The minimum atomic E-state index is -0.227. The summed E-state index contributed by atoms with van der Waals surface area (Å²) in [6.07, 6.45) is 4.46. The molecule has 0 fully saturated rings. The predicted molar refractivity (Wildman–Crippen MR) is 68.2 cm³/mol. The third kappa shape index (κ3) is 3.14. The summed E-state index contributed by atoms with van der Waals surface area (Å²) < 4.78 is 16.1. The number of nitrogens with zero attached hydrogens (tertiary/aromatic N) is 2. The Labute approximate surface area is 108 Å². The van der Waals surface area contributed by atoms with E-state index in [0.29, 0.717) is 18.7 Å². The minimum absolute atomic E-state index is 0.227. The van der Waals surface area contributed by atoms with Crippen LogP contribution in [0.2, 0.25) is 0 Å². The lowest BCUT2D eigenvalue weighted by Gasteiger charge is -2.03. The number of rotatable bonds is 4. The molecule has 0 saturated carbocycles. The van der Waals surface area contributed by atoms with Crippen LogP contribution < -0.4 is 5.73 Å². The summed E-state index contributed by atoms with van der Waals surface area (Å²) in [5, 5.41) is 4.18. The van der Waals surface area contributed by atoms with E-state index < -0.39 is 0 Å². The van der Waals surface area contributed by atoms with Crippen LogP contribution in [0.1, 0.15) is 11.1 Å². The second-order valence-corrected chi connectivity index (χ2v) is 4.74. The van der Waals surface area contributed by atoms with Crippen molar-refractivity contribution in [3.8, 4) is 0 Å². The summed E-state index contributed by atoms with van der Waals surface area (Å²) in [4.78, 5) is 0. The number of halogens is 2. The molecular weight excluding hydrogens is 285 g/mol. The molecule has 0 radical (unpaired) electrons. The number of hydrogen-bond donors (Lipinski definition) is 1. The second kappa shape index (κ2) is 5.42. The Kier molecular flexibility index (Phi) is 3.91. The molecule has 2 N–H and O–H groups in total. The number of hydrogen-bond acceptors (Lipinski definition) is 2. The third-order valence-electron chi connectivity index (χ3n) is 2.47. The maximum atomic E-state index is 13.6. The van der Waals surface area contributed by atoms with Gasteiger partial charge in [-0.1, -0.05) is 22.0 Å². The molecule has 0 amide bonds. The first-order valence-electron chi connectivity index (χ1n) is 5.34. The average Bonchev–Trinajstić information content (AvgIpc) is 2.71. The van der Waals surface area contributed by atoms with E-state index in [1.807, 2.05) is 12.3 Å². The van der Waals surface area contributed by atoms with Crippen molar-refractivity contribution in [3.63, 3.8) is 0 Å². The first kappa shape index (κ1) is 12.3. The Morgan fingerprint density at radius 3 is 2.94 bits per heavy atom. The van der Waals surface area contributed by atoms with Crippen LogP contribution in [-0.4, -0.2) is 16.3 Å². The van der Waals surface area contributed by atoms with Crippen LogP contribution in [-0.2, 0) is 13.0 Å². The summed E-state index contributed by atoms with van der Waals surface area (Å²) in [6, 6.07) is 5.03. The first-order valence-corrected chi connectivity index (χ1v) is 6.13. The van der Waals surface area contributed by atoms with Gasteiger partial charge >= 0.3 is 0 Å². The van der Waals surface area contributed by atoms with Crippen LogP contribution >= 0.6 is 15.9 Å². The van der Waals surface area contributed by atoms with Crippen molar-refractivity contribution in [2.24, 2.45) is 5.73 Å². The quantitative estimate of drug-likeness (QED) is 0.941. The summed E-state index contributed by atoms with van der Waals surface area (Å²) in [5.74, 6) is -0.227. The van der Waals surface area contributed by atoms with Gasteiger partial charge in [0, 0.05) is 16.2 Å². The van der Waals surface area contributed by atoms with Crippen molar-refractivity contribution in [1.29, 1.82) is 0 Å². The lowest BCUT2D eigenvalue weighted by Crippen LogP contribution is -2.03. The molecular formula is C12H13BrFN3. The van der Waals surface area contributed by atoms with Crippen LogP contribution in [0.4, 0.5) is 4.39 Å². The van der Waals surface area contributed by atoms with Gasteiger partial charge in [-0.05, 0) is 30.7 Å². The lowest BCUT2D eigenvalue weighted by atomic mass is 10.2. The van der Waals surface area contributed by atoms with E-state index >= 15 is 0 Å². The molecule has 0 atom stereocenters. The highest BCUT2D eigenvalue weighted by Crippen LogP contribution is 2.16. The maximum Gasteiger partial charge on any atom is 0.129 e. The Hall–Kier alpha value is -1.20. The van der Waals surface area contributed by atoms with Gasteiger partial charge in [0.05, 0.1) is 12.7 Å². The molecule has 0 saturated heterocycles. The SMILES string of the molecule is NCCc1cnn(Cc2ccc(Br)cc2F)c1. The molecule has 0 bridgehead atoms. The van der Waals surface area contributed by atoms with E-state index in [1.165, 1.54) is 6.07 Å². The van der Waals surface area contributed by atoms with E-state index in [9.17, 15) is 4.39 Å². The highest BCUT2D eigenvalue weighted by molar-refractivity contribution is 9.10. The molecule has 2 aromatic rings. The predicted octanol–water partition coefficient (Wildman–Crippen LogP) is 2.33. The van der Waals surface area contributed by atoms with Gasteiger partial charge in [-0.2, -0.15) is 5.10 Å². The molecule has 0 aliphatic rings. The van der Waals surface area contributed by atoms with Crippen molar-refractivity contribution in [2.75, 3.05) is 6.54 Å². The van der Waals surface area contributed by atoms with Gasteiger partial charge in [0.1, 0.15) is 5.82 Å². The molecule has 0 aliphatic carbocycles. The monoisotopic (exact) mass is 297 g/mol. The summed E-state index contributed by atoms with van der Waals surface area (Å²) in [5.41, 5.74) is 7.16. The van der Waals surface area contributed by atoms with Crippen LogP contribution in [0.5, 0.6) is 0 Å². The van der Waals surface area contributed by atoms with Crippen LogP contribution in [0.25, 0.3) is 0 Å². The maximum absolute atomic E-state index is 13.6. The average molecular weight is 298 g/mol. The van der Waals surface area contributed by atoms with E-state index in [2.05, 4.69) is 21.0 Å². The van der Waals surface area contributed by atoms with Gasteiger partial charge in [-0.25, -0.2) is 4.39 Å². The summed E-state index contributed by atoms with van der Waals surface area (Å²) in [7, 11) is 0. The molecule has 0 unspecified atom stereocenters. The van der Waals surface area contributed by atoms with E-state index in [1.54, 1.807) is 16.9 Å². The molecule has 0 aliphatic heterocycles. The van der Waals surface area contributed by atoms with Crippen LogP contribution in [0.3, 0.4) is 0 Å². The number of benzene rings is 1. The standard InChI is InChI=1S/C12H13BrFN3/c13-11-2-1-10(12(14)5-11)8-17-7-9(3-4-15)6-16-17/h1-2,5-7H,3-4,8,15H2. The molecule has 90 valence electrons. The summed E-state index contributed by atoms with van der Waals surface area (Å²) in [6.45, 7) is 1.03. The van der Waals surface area contributed by atoms with Crippen molar-refractivity contribution in [2.45, 2.75) is 13.0 Å². The van der Waals surface area contributed by atoms with Crippen molar-refractivity contribution < 1.29 is 4.39 Å². The zero-order valence-electron chi connectivity index (χ0n) is 9.24. The highest BCUT2D eigenvalue weighted by atomic mass is 79.9. The van der Waals surface area contributed by atoms with E-state index in [4.69, 9.17) is 5.73 Å². The third-order valence-corrected chi connectivity index (χ3v) is 2.96. The lowest BCUT2D eigenvalue weighted by molar-refractivity contribution is 0.584. The first-order chi connectivity index (χ1) is 8.19. The van der Waals surface area contributed by atoms with Gasteiger partial charge in [-0.15, -0.1) is 0 Å². The second-order valence-electron chi connectivity index (χ2n) is 3.82. The van der Waals surface area contributed by atoms with Gasteiger partial charge in [0.25, 0.3) is 0 Å². The number of aromatic nitrogens is 2. The van der Waals surface area contributed by atoms with Gasteiger partial charge in [0.15, 0.2) is 0 Å². The topological polar surface area (TPSA) is 43.8 Å². The van der Waals surface area contributed by atoms with Crippen LogP contribution in [0.15, 0.2) is 35.1 Å². The Balaban J connectivity index is 2.13. The zero-order valence-corrected chi connectivity index (χ0v) is 10.8. The van der Waals surface area contributed by atoms with Crippen molar-refractivity contribution in [3.05, 3.63) is 52.0 Å². The van der Waals surface area contributed by atoms with Crippen molar-refractivity contribution >= 4 is 15.9 Å². The fourth-order valence-electron chi connectivity index (χ4n) is 1.61. The largest absolute Gasteiger partial charge is 0.330 e. The van der Waals surface area contributed by atoms with Gasteiger partial charge in [-0.3, -0.25) is 4.68 Å². The fraction of sp³-hybridized carbons (Fsp3) is 0.250. The van der Waals surface area contributed by atoms with E-state index in [-0.39, 0.29) is 5.82 Å². The minimum Gasteiger partial charge on any atom is -0.330 e. The Morgan fingerprint density at radius 1 is 1.41 bits per heavy atom. The highest BCUT2D eigenvalue weighted by Gasteiger charge is 2.05. The molecule has 3 nitrogen and oxygen atoms in total. The molecule has 5 heteroatoms. The fourth-order valence-corrected chi connectivity index (χ4v) is 1.95.